The summed E-state index contributed by atoms with van der Waals surface area (Å²) in [5.74, 6) is -1.57. The lowest BCUT2D eigenvalue weighted by Crippen LogP contribution is -2.20. The van der Waals surface area contributed by atoms with Crippen LogP contribution in [0.2, 0.25) is 0 Å². The molecule has 0 aliphatic carbocycles. The van der Waals surface area contributed by atoms with Crippen molar-refractivity contribution in [2.24, 2.45) is 5.92 Å². The lowest BCUT2D eigenvalue weighted by molar-refractivity contribution is -0.142. The Morgan fingerprint density at radius 3 is 2.68 bits per heavy atom. The van der Waals surface area contributed by atoms with Crippen molar-refractivity contribution in [1.82, 2.24) is 15.0 Å². The number of rotatable bonds is 5. The van der Waals surface area contributed by atoms with Crippen molar-refractivity contribution in [1.29, 1.82) is 0 Å². The van der Waals surface area contributed by atoms with E-state index in [4.69, 9.17) is 0 Å². The van der Waals surface area contributed by atoms with Crippen LogP contribution < -0.4 is 5.56 Å². The Morgan fingerprint density at radius 1 is 1.29 bits per heavy atom. The van der Waals surface area contributed by atoms with Crippen molar-refractivity contribution >= 4 is 16.9 Å². The highest BCUT2D eigenvalue weighted by atomic mass is 19.4. The second kappa shape index (κ2) is 7.41. The van der Waals surface area contributed by atoms with E-state index in [9.17, 15) is 27.9 Å². The van der Waals surface area contributed by atoms with E-state index in [1.807, 2.05) is 0 Å². The first-order valence-electron chi connectivity index (χ1n) is 8.49. The standard InChI is InChI=1S/C19H16F3N3O3/c1-2-10(18(27)28)9-15-24-14-8-11(5-6-12(14)17(26)25-15)16-13(19(20,21)22)4-3-7-23-16/h3-8,10H,2,9H2,1H3,(H,27,28)(H,24,25,26). The zero-order valence-electron chi connectivity index (χ0n) is 14.7. The van der Waals surface area contributed by atoms with Gasteiger partial charge in [0.25, 0.3) is 5.56 Å². The van der Waals surface area contributed by atoms with Crippen LogP contribution in [0.25, 0.3) is 22.2 Å². The molecule has 0 bridgehead atoms. The highest BCUT2D eigenvalue weighted by molar-refractivity contribution is 5.83. The molecule has 146 valence electrons. The van der Waals surface area contributed by atoms with Crippen LogP contribution in [0.1, 0.15) is 24.7 Å². The Hall–Kier alpha value is -3.23. The summed E-state index contributed by atoms with van der Waals surface area (Å²) in [6.07, 6.45) is -2.97. The zero-order chi connectivity index (χ0) is 20.5. The Labute approximate surface area is 157 Å². The van der Waals surface area contributed by atoms with Gasteiger partial charge in [0.15, 0.2) is 0 Å². The van der Waals surface area contributed by atoms with E-state index in [-0.39, 0.29) is 34.4 Å². The molecule has 3 aromatic rings. The summed E-state index contributed by atoms with van der Waals surface area (Å²) < 4.78 is 39.8. The Bertz CT molecular complexity index is 1090. The van der Waals surface area contributed by atoms with Crippen LogP contribution in [0.3, 0.4) is 0 Å². The van der Waals surface area contributed by atoms with Crippen LogP contribution in [-0.2, 0) is 17.4 Å². The van der Waals surface area contributed by atoms with Crippen molar-refractivity contribution in [2.45, 2.75) is 25.9 Å². The summed E-state index contributed by atoms with van der Waals surface area (Å²) >= 11 is 0. The summed E-state index contributed by atoms with van der Waals surface area (Å²) in [5, 5.41) is 9.38. The topological polar surface area (TPSA) is 95.9 Å². The van der Waals surface area contributed by atoms with E-state index in [1.54, 1.807) is 6.92 Å². The number of carboxylic acids is 1. The number of halogens is 3. The number of hydrogen-bond donors (Lipinski definition) is 2. The van der Waals surface area contributed by atoms with Gasteiger partial charge in [-0.1, -0.05) is 13.0 Å². The fraction of sp³-hybridized carbons (Fsp3) is 0.263. The van der Waals surface area contributed by atoms with Crippen molar-refractivity contribution in [3.63, 3.8) is 0 Å². The van der Waals surface area contributed by atoms with Gasteiger partial charge in [-0.25, -0.2) is 4.98 Å². The number of fused-ring (bicyclic) bond motifs is 1. The van der Waals surface area contributed by atoms with Crippen molar-refractivity contribution in [3.8, 4) is 11.3 Å². The molecule has 0 radical (unpaired) electrons. The molecular formula is C19H16F3N3O3. The maximum Gasteiger partial charge on any atom is 0.418 e. The van der Waals surface area contributed by atoms with Crippen LogP contribution in [0.4, 0.5) is 13.2 Å². The quantitative estimate of drug-likeness (QED) is 0.692. The minimum Gasteiger partial charge on any atom is -0.481 e. The van der Waals surface area contributed by atoms with Crippen molar-refractivity contribution in [2.75, 3.05) is 0 Å². The summed E-state index contributed by atoms with van der Waals surface area (Å²) in [5.41, 5.74) is -1.30. The molecular weight excluding hydrogens is 375 g/mol. The minimum absolute atomic E-state index is 0.0125. The second-order valence-electron chi connectivity index (χ2n) is 6.29. The number of alkyl halides is 3. The van der Waals surface area contributed by atoms with E-state index in [2.05, 4.69) is 15.0 Å². The van der Waals surface area contributed by atoms with Gasteiger partial charge in [0, 0.05) is 18.2 Å². The molecule has 0 aliphatic heterocycles. The Balaban J connectivity index is 2.11. The molecule has 2 N–H and O–H groups in total. The smallest absolute Gasteiger partial charge is 0.418 e. The van der Waals surface area contributed by atoms with E-state index in [1.165, 1.54) is 30.5 Å². The number of nitrogens with zero attached hydrogens (tertiary/aromatic N) is 2. The monoisotopic (exact) mass is 391 g/mol. The van der Waals surface area contributed by atoms with Gasteiger partial charge < -0.3 is 10.1 Å². The average Bonchev–Trinajstić information content (AvgIpc) is 2.64. The lowest BCUT2D eigenvalue weighted by atomic mass is 10.0. The molecule has 0 fully saturated rings. The van der Waals surface area contributed by atoms with E-state index in [0.29, 0.717) is 6.42 Å². The third-order valence-electron chi connectivity index (χ3n) is 4.42. The molecule has 28 heavy (non-hydrogen) atoms. The van der Waals surface area contributed by atoms with Gasteiger partial charge in [0.1, 0.15) is 5.82 Å². The molecule has 0 spiro atoms. The van der Waals surface area contributed by atoms with Crippen LogP contribution in [0.15, 0.2) is 41.3 Å². The van der Waals surface area contributed by atoms with E-state index < -0.39 is 29.2 Å². The number of carboxylic acid groups (broad SMARTS) is 1. The molecule has 2 heterocycles. The summed E-state index contributed by atoms with van der Waals surface area (Å²) in [7, 11) is 0. The van der Waals surface area contributed by atoms with Gasteiger partial charge in [-0.15, -0.1) is 0 Å². The van der Waals surface area contributed by atoms with Crippen molar-refractivity contribution < 1.29 is 23.1 Å². The average molecular weight is 391 g/mol. The molecule has 1 aromatic carbocycles. The maximum absolute atomic E-state index is 13.3. The van der Waals surface area contributed by atoms with Crippen LogP contribution in [0, 0.1) is 5.92 Å². The number of aromatic nitrogens is 3. The Kier molecular flexibility index (Phi) is 5.17. The van der Waals surface area contributed by atoms with Gasteiger partial charge in [0.05, 0.1) is 28.1 Å². The van der Waals surface area contributed by atoms with Gasteiger partial charge in [0.2, 0.25) is 0 Å². The summed E-state index contributed by atoms with van der Waals surface area (Å²) in [4.78, 5) is 34.1. The minimum atomic E-state index is -4.58. The van der Waals surface area contributed by atoms with Crippen LogP contribution >= 0.6 is 0 Å². The first-order valence-corrected chi connectivity index (χ1v) is 8.49. The number of hydrogen-bond acceptors (Lipinski definition) is 4. The molecule has 9 heteroatoms. The largest absolute Gasteiger partial charge is 0.481 e. The molecule has 1 atom stereocenters. The first-order chi connectivity index (χ1) is 13.2. The van der Waals surface area contributed by atoms with Gasteiger partial charge in [-0.05, 0) is 30.7 Å². The molecule has 3 rings (SSSR count). The van der Waals surface area contributed by atoms with E-state index >= 15 is 0 Å². The molecule has 0 aliphatic rings. The van der Waals surface area contributed by atoms with Gasteiger partial charge >= 0.3 is 12.1 Å². The van der Waals surface area contributed by atoms with Gasteiger partial charge in [-0.2, -0.15) is 13.2 Å². The van der Waals surface area contributed by atoms with Gasteiger partial charge in [-0.3, -0.25) is 14.6 Å². The molecule has 0 amide bonds. The highest BCUT2D eigenvalue weighted by Gasteiger charge is 2.34. The number of aliphatic carboxylic acids is 1. The summed E-state index contributed by atoms with van der Waals surface area (Å²) in [6.45, 7) is 1.70. The predicted molar refractivity (Wildman–Crippen MR) is 95.7 cm³/mol. The third-order valence-corrected chi connectivity index (χ3v) is 4.42. The fourth-order valence-electron chi connectivity index (χ4n) is 2.94. The van der Waals surface area contributed by atoms with Crippen LogP contribution in [-0.4, -0.2) is 26.0 Å². The molecule has 1 unspecified atom stereocenters. The number of H-pyrrole nitrogens is 1. The summed E-state index contributed by atoms with van der Waals surface area (Å²) in [6, 6.07) is 6.24. The number of carbonyl (C=O) groups is 1. The number of nitrogens with one attached hydrogen (secondary N) is 1. The fourth-order valence-corrected chi connectivity index (χ4v) is 2.94. The first kappa shape index (κ1) is 19.5. The lowest BCUT2D eigenvalue weighted by Gasteiger charge is -2.12. The number of pyridine rings is 1. The maximum atomic E-state index is 13.3. The SMILES string of the molecule is CCC(Cc1nc2cc(-c3ncccc3C(F)(F)F)ccc2c(=O)[nH]1)C(=O)O. The molecule has 2 aromatic heterocycles. The van der Waals surface area contributed by atoms with E-state index in [0.717, 1.165) is 6.07 Å². The normalized spacial score (nSPS) is 12.9. The highest BCUT2D eigenvalue weighted by Crippen LogP contribution is 2.36. The Morgan fingerprint density at radius 2 is 2.04 bits per heavy atom. The molecule has 6 nitrogen and oxygen atoms in total. The second-order valence-corrected chi connectivity index (χ2v) is 6.29. The molecule has 0 saturated heterocycles. The number of benzene rings is 1. The zero-order valence-corrected chi connectivity index (χ0v) is 14.7. The van der Waals surface area contributed by atoms with Crippen molar-refractivity contribution in [3.05, 3.63) is 58.3 Å². The number of aromatic amines is 1. The van der Waals surface area contributed by atoms with Crippen LogP contribution in [0.5, 0.6) is 0 Å². The third kappa shape index (κ3) is 3.88. The molecule has 0 saturated carbocycles. The predicted octanol–water partition coefficient (Wildman–Crippen LogP) is 3.66.